The van der Waals surface area contributed by atoms with Crippen LogP contribution in [0.2, 0.25) is 0 Å². The number of hydrogen-bond donors (Lipinski definition) is 2. The van der Waals surface area contributed by atoms with Gasteiger partial charge in [-0.25, -0.2) is 4.99 Å². The number of carbonyl (C=O) groups is 2. The van der Waals surface area contributed by atoms with Gasteiger partial charge in [0.05, 0.1) is 0 Å². The second kappa shape index (κ2) is 11.0. The Morgan fingerprint density at radius 2 is 2.18 bits per heavy atom. The summed E-state index contributed by atoms with van der Waals surface area (Å²) in [4.78, 5) is 33.9. The van der Waals surface area contributed by atoms with Crippen LogP contribution in [-0.4, -0.2) is 60.3 Å². The van der Waals surface area contributed by atoms with E-state index in [0.29, 0.717) is 13.0 Å². The number of nitrogens with two attached hydrogens (primary N) is 1. The largest absolute Gasteiger partial charge is 0.370 e. The first-order chi connectivity index (χ1) is 13.1. The van der Waals surface area contributed by atoms with Crippen molar-refractivity contribution in [2.75, 3.05) is 32.7 Å². The van der Waals surface area contributed by atoms with E-state index in [1.165, 1.54) is 10.4 Å². The van der Waals surface area contributed by atoms with Gasteiger partial charge in [0.25, 0.3) is 0 Å². The van der Waals surface area contributed by atoms with E-state index in [2.05, 4.69) is 26.7 Å². The Labute approximate surface area is 187 Å². The van der Waals surface area contributed by atoms with Gasteiger partial charge in [-0.2, -0.15) is 0 Å². The zero-order valence-corrected chi connectivity index (χ0v) is 19.5. The van der Waals surface area contributed by atoms with Crippen LogP contribution >= 0.6 is 35.3 Å². The molecule has 1 fully saturated rings. The average molecular weight is 519 g/mol. The zero-order chi connectivity index (χ0) is 19.2. The first kappa shape index (κ1) is 22.9. The van der Waals surface area contributed by atoms with Gasteiger partial charge < -0.3 is 20.9 Å². The number of hydrogen-bond acceptors (Lipinski definition) is 4. The normalized spacial score (nSPS) is 19.6. The van der Waals surface area contributed by atoms with Crippen LogP contribution in [0.3, 0.4) is 0 Å². The van der Waals surface area contributed by atoms with Gasteiger partial charge in [-0.05, 0) is 49.1 Å². The second-order valence-electron chi connectivity index (χ2n) is 7.23. The van der Waals surface area contributed by atoms with Crippen molar-refractivity contribution in [2.24, 2.45) is 16.6 Å². The van der Waals surface area contributed by atoms with Crippen molar-refractivity contribution in [3.8, 4) is 0 Å². The van der Waals surface area contributed by atoms with Gasteiger partial charge in [-0.3, -0.25) is 9.59 Å². The lowest BCUT2D eigenvalue weighted by Gasteiger charge is -2.34. The summed E-state index contributed by atoms with van der Waals surface area (Å²) >= 11 is 1.77. The van der Waals surface area contributed by atoms with Crippen molar-refractivity contribution in [1.82, 2.24) is 15.1 Å². The van der Waals surface area contributed by atoms with Crippen molar-refractivity contribution in [3.63, 3.8) is 0 Å². The van der Waals surface area contributed by atoms with E-state index in [1.54, 1.807) is 11.3 Å². The Morgan fingerprint density at radius 1 is 1.36 bits per heavy atom. The highest BCUT2D eigenvalue weighted by molar-refractivity contribution is 14.0. The van der Waals surface area contributed by atoms with E-state index in [1.807, 2.05) is 11.8 Å². The molecule has 7 nitrogen and oxygen atoms in total. The predicted molar refractivity (Wildman–Crippen MR) is 123 cm³/mol. The zero-order valence-electron chi connectivity index (χ0n) is 16.4. The lowest BCUT2D eigenvalue weighted by molar-refractivity contribution is -0.130. The van der Waals surface area contributed by atoms with E-state index in [-0.39, 0.29) is 48.3 Å². The van der Waals surface area contributed by atoms with Gasteiger partial charge in [-0.1, -0.05) is 0 Å². The molecule has 0 aromatic carbocycles. The molecule has 2 aliphatic rings. The first-order valence-electron chi connectivity index (χ1n) is 9.71. The molecule has 0 spiro atoms. The number of halogens is 1. The number of aliphatic imine (C=N–C) groups is 1. The van der Waals surface area contributed by atoms with Gasteiger partial charge in [-0.15, -0.1) is 35.3 Å². The molecule has 9 heteroatoms. The summed E-state index contributed by atoms with van der Waals surface area (Å²) in [5.74, 6) is 0.827. The summed E-state index contributed by atoms with van der Waals surface area (Å²) < 4.78 is 0. The topological polar surface area (TPSA) is 91.0 Å². The van der Waals surface area contributed by atoms with Gasteiger partial charge in [0.1, 0.15) is 6.54 Å². The van der Waals surface area contributed by atoms with Crippen LogP contribution in [0.25, 0.3) is 0 Å². The minimum atomic E-state index is -0.253. The fraction of sp³-hybridized carbons (Fsp3) is 0.632. The van der Waals surface area contributed by atoms with Gasteiger partial charge >= 0.3 is 0 Å². The lowest BCUT2D eigenvalue weighted by Crippen LogP contribution is -2.47. The van der Waals surface area contributed by atoms with Crippen LogP contribution in [-0.2, 0) is 22.6 Å². The molecular weight excluding hydrogens is 489 g/mol. The molecule has 1 atom stereocenters. The number of carbonyl (C=O) groups excluding carboxylic acids is 2. The number of fused-ring (bicyclic) bond motifs is 1. The molecule has 0 radical (unpaired) electrons. The van der Waals surface area contributed by atoms with E-state index >= 15 is 0 Å². The molecule has 1 saturated heterocycles. The Morgan fingerprint density at radius 3 is 2.93 bits per heavy atom. The fourth-order valence-electron chi connectivity index (χ4n) is 3.84. The maximum absolute atomic E-state index is 12.6. The van der Waals surface area contributed by atoms with Crippen molar-refractivity contribution in [2.45, 2.75) is 39.2 Å². The summed E-state index contributed by atoms with van der Waals surface area (Å²) in [6, 6.07) is 2.11. The van der Waals surface area contributed by atoms with Crippen LogP contribution in [0.5, 0.6) is 0 Å². The molecule has 1 unspecified atom stereocenters. The van der Waals surface area contributed by atoms with Gasteiger partial charge in [0.2, 0.25) is 11.8 Å². The molecule has 0 aliphatic carbocycles. The number of likely N-dealkylation sites (tertiary alicyclic amines) is 1. The highest BCUT2D eigenvalue weighted by Crippen LogP contribution is 2.24. The summed E-state index contributed by atoms with van der Waals surface area (Å²) in [6.45, 7) is 6.01. The van der Waals surface area contributed by atoms with Crippen molar-refractivity contribution < 1.29 is 9.59 Å². The fourth-order valence-corrected chi connectivity index (χ4v) is 4.73. The minimum Gasteiger partial charge on any atom is -0.370 e. The number of nitrogens with zero attached hydrogens (tertiary/aromatic N) is 3. The number of amides is 2. The molecule has 28 heavy (non-hydrogen) atoms. The van der Waals surface area contributed by atoms with Crippen LogP contribution in [0.4, 0.5) is 0 Å². The smallest absolute Gasteiger partial charge is 0.244 e. The number of primary amides is 1. The number of piperidine rings is 1. The third-order valence-electron chi connectivity index (χ3n) is 5.17. The van der Waals surface area contributed by atoms with E-state index < -0.39 is 0 Å². The second-order valence-corrected chi connectivity index (χ2v) is 8.23. The maximum Gasteiger partial charge on any atom is 0.244 e. The number of guanidine groups is 1. The summed E-state index contributed by atoms with van der Waals surface area (Å²) in [5, 5.41) is 5.38. The van der Waals surface area contributed by atoms with Crippen molar-refractivity contribution >= 4 is 53.1 Å². The summed E-state index contributed by atoms with van der Waals surface area (Å²) in [5.41, 5.74) is 6.62. The average Bonchev–Trinajstić information content (AvgIpc) is 3.12. The Hall–Kier alpha value is -1.36. The highest BCUT2D eigenvalue weighted by Gasteiger charge is 2.25. The third kappa shape index (κ3) is 6.07. The molecule has 2 aliphatic heterocycles. The van der Waals surface area contributed by atoms with Gasteiger partial charge in [0.15, 0.2) is 5.96 Å². The monoisotopic (exact) mass is 519 g/mol. The van der Waals surface area contributed by atoms with Gasteiger partial charge in [0, 0.05) is 44.0 Å². The molecule has 0 bridgehead atoms. The quantitative estimate of drug-likeness (QED) is 0.353. The van der Waals surface area contributed by atoms with Crippen LogP contribution in [0.15, 0.2) is 16.4 Å². The number of nitrogens with one attached hydrogen (secondary N) is 1. The Kier molecular flexibility index (Phi) is 9.00. The molecule has 3 rings (SSSR count). The minimum absolute atomic E-state index is 0. The van der Waals surface area contributed by atoms with E-state index in [9.17, 15) is 9.59 Å². The highest BCUT2D eigenvalue weighted by atomic mass is 127. The Balaban J connectivity index is 0.00000280. The van der Waals surface area contributed by atoms with Crippen molar-refractivity contribution in [1.29, 1.82) is 0 Å². The molecule has 1 aromatic heterocycles. The van der Waals surface area contributed by atoms with Crippen LogP contribution in [0, 0.1) is 5.92 Å². The molecule has 156 valence electrons. The van der Waals surface area contributed by atoms with E-state index in [0.717, 1.165) is 51.4 Å². The molecule has 2 amide bonds. The predicted octanol–water partition coefficient (Wildman–Crippen LogP) is 1.80. The van der Waals surface area contributed by atoms with E-state index in [4.69, 9.17) is 5.73 Å². The molecule has 0 saturated carbocycles. The third-order valence-corrected chi connectivity index (χ3v) is 6.19. The van der Waals surface area contributed by atoms with Crippen molar-refractivity contribution in [3.05, 3.63) is 21.9 Å². The maximum atomic E-state index is 12.6. The molecule has 3 heterocycles. The lowest BCUT2D eigenvalue weighted by atomic mass is 9.95. The molecular formula is C19H30IN5O2S. The Bertz CT molecular complexity index is 708. The molecule has 3 N–H and O–H groups in total. The van der Waals surface area contributed by atoms with Crippen LogP contribution < -0.4 is 11.1 Å². The summed E-state index contributed by atoms with van der Waals surface area (Å²) in [6.07, 6.45) is 3.35. The molecule has 1 aromatic rings. The number of rotatable bonds is 5. The standard InChI is InChI=1S/C19H29N5O2S.HI/c1-2-21-19(24-7-3-4-14(12-24)10-17(20)25)22-11-18(26)23-8-5-16-15(13-23)6-9-27-16;/h6,9,14H,2-5,7-8,10-13H2,1H3,(H2,20,25)(H,21,22);1H. The van der Waals surface area contributed by atoms with Crippen LogP contribution in [0.1, 0.15) is 36.6 Å². The summed E-state index contributed by atoms with van der Waals surface area (Å²) in [7, 11) is 0. The SMILES string of the molecule is CCNC(=NCC(=O)N1CCc2sccc2C1)N1CCCC(CC(N)=O)C1.I. The first-order valence-corrected chi connectivity index (χ1v) is 10.6. The number of thiophene rings is 1.